The molecule has 2 nitrogen and oxygen atoms in total. The number of rotatable bonds is 5. The van der Waals surface area contributed by atoms with Crippen molar-refractivity contribution in [2.24, 2.45) is 0 Å². The van der Waals surface area contributed by atoms with E-state index in [1.165, 1.54) is 0 Å². The summed E-state index contributed by atoms with van der Waals surface area (Å²) in [7, 11) is 3.48. The summed E-state index contributed by atoms with van der Waals surface area (Å²) in [6, 6.07) is 0. The Morgan fingerprint density at radius 2 is 2.27 bits per heavy atom. The molecule has 0 radical (unpaired) electrons. The van der Waals surface area contributed by atoms with E-state index in [-0.39, 0.29) is 0 Å². The molecule has 0 rings (SSSR count). The molecule has 0 saturated carbocycles. The Morgan fingerprint density at radius 1 is 1.64 bits per heavy atom. The van der Waals surface area contributed by atoms with Gasteiger partial charge in [-0.15, -0.1) is 0 Å². The summed E-state index contributed by atoms with van der Waals surface area (Å²) in [6.07, 6.45) is 3.60. The van der Waals surface area contributed by atoms with Gasteiger partial charge >= 0.3 is 0 Å². The molecule has 1 N–H and O–H groups in total. The number of ether oxygens (including phenoxy) is 1. The van der Waals surface area contributed by atoms with Crippen LogP contribution in [0.2, 0.25) is 0 Å². The summed E-state index contributed by atoms with van der Waals surface area (Å²) >= 11 is 0. The molecule has 0 spiro atoms. The van der Waals surface area contributed by atoms with Gasteiger partial charge in [-0.25, -0.2) is 0 Å². The summed E-state index contributed by atoms with van der Waals surface area (Å²) in [5.74, 6) is 0.680. The van der Waals surface area contributed by atoms with Gasteiger partial charge in [0.2, 0.25) is 0 Å². The van der Waals surface area contributed by atoms with Crippen molar-refractivity contribution in [2.75, 3.05) is 20.7 Å². The second-order valence-electron chi connectivity index (χ2n) is 2.09. The predicted molar refractivity (Wildman–Crippen MR) is 48.4 cm³/mol. The van der Waals surface area contributed by atoms with Gasteiger partial charge in [0.05, 0.1) is 7.11 Å². The third kappa shape index (κ3) is 3.63. The molecule has 0 aromatic carbocycles. The lowest BCUT2D eigenvalue weighted by Crippen LogP contribution is -2.12. The van der Waals surface area contributed by atoms with E-state index in [9.17, 15) is 0 Å². The number of hydrogen-bond donors (Lipinski definition) is 1. The second-order valence-corrected chi connectivity index (χ2v) is 2.09. The molecule has 0 amide bonds. The van der Waals surface area contributed by atoms with Crippen LogP contribution in [0.4, 0.5) is 0 Å². The molecule has 0 saturated heterocycles. The zero-order valence-electron chi connectivity index (χ0n) is 7.18. The maximum atomic E-state index is 4.97. The van der Waals surface area contributed by atoms with Crippen LogP contribution in [0.3, 0.4) is 0 Å². The first kappa shape index (κ1) is 9.98. The van der Waals surface area contributed by atoms with Crippen LogP contribution in [0, 0.1) is 0 Å². The maximum Gasteiger partial charge on any atom is 0.116 e. The smallest absolute Gasteiger partial charge is 0.116 e. The number of nitrogens with one attached hydrogen (secondary N) is 1. The summed E-state index contributed by atoms with van der Waals surface area (Å²) < 4.78 is 4.97. The van der Waals surface area contributed by atoms with Crippen LogP contribution in [0.25, 0.3) is 0 Å². The Kier molecular flexibility index (Phi) is 5.21. The molecule has 0 aromatic heterocycles. The maximum absolute atomic E-state index is 4.97. The van der Waals surface area contributed by atoms with Gasteiger partial charge in [0.25, 0.3) is 0 Å². The Bertz CT molecular complexity index is 170. The molecule has 0 unspecified atom stereocenters. The van der Waals surface area contributed by atoms with E-state index in [0.717, 1.165) is 12.1 Å². The van der Waals surface area contributed by atoms with Crippen molar-refractivity contribution in [1.82, 2.24) is 5.32 Å². The Hall–Kier alpha value is -1.02. The molecule has 0 heterocycles. The van der Waals surface area contributed by atoms with E-state index in [1.54, 1.807) is 13.2 Å². The van der Waals surface area contributed by atoms with Crippen molar-refractivity contribution in [1.29, 1.82) is 0 Å². The Balaban J connectivity index is 4.20. The van der Waals surface area contributed by atoms with Crippen LogP contribution in [0.15, 0.2) is 36.6 Å². The van der Waals surface area contributed by atoms with Gasteiger partial charge in [-0.05, 0) is 7.05 Å². The van der Waals surface area contributed by atoms with Crippen LogP contribution in [0.1, 0.15) is 0 Å². The molecule has 11 heavy (non-hydrogen) atoms. The quantitative estimate of drug-likeness (QED) is 0.477. The molecule has 62 valence electrons. The van der Waals surface area contributed by atoms with E-state index >= 15 is 0 Å². The summed E-state index contributed by atoms with van der Waals surface area (Å²) in [5.41, 5.74) is 1.02. The molecular weight excluding hydrogens is 138 g/mol. The van der Waals surface area contributed by atoms with E-state index < -0.39 is 0 Å². The Morgan fingerprint density at radius 3 is 2.64 bits per heavy atom. The van der Waals surface area contributed by atoms with Crippen molar-refractivity contribution in [3.05, 3.63) is 36.6 Å². The van der Waals surface area contributed by atoms with Gasteiger partial charge in [0.15, 0.2) is 0 Å². The third-order valence-electron chi connectivity index (χ3n) is 1.29. The van der Waals surface area contributed by atoms with Gasteiger partial charge < -0.3 is 10.1 Å². The first-order valence-electron chi connectivity index (χ1n) is 3.45. The topological polar surface area (TPSA) is 21.3 Å². The van der Waals surface area contributed by atoms with E-state index in [0.29, 0.717) is 5.76 Å². The monoisotopic (exact) mass is 153 g/mol. The largest absolute Gasteiger partial charge is 0.497 e. The van der Waals surface area contributed by atoms with E-state index in [1.807, 2.05) is 13.1 Å². The van der Waals surface area contributed by atoms with Crippen molar-refractivity contribution in [3.8, 4) is 0 Å². The molecule has 2 heteroatoms. The van der Waals surface area contributed by atoms with Gasteiger partial charge in [0, 0.05) is 12.1 Å². The molecule has 0 bridgehead atoms. The fraction of sp³-hybridized carbons (Fsp3) is 0.333. The second kappa shape index (κ2) is 5.74. The molecule has 0 aromatic rings. The fourth-order valence-electron chi connectivity index (χ4n) is 0.714. The number of allylic oxidation sites excluding steroid dienone is 2. The first-order chi connectivity index (χ1) is 5.26. The molecule has 0 aliphatic carbocycles. The van der Waals surface area contributed by atoms with Crippen molar-refractivity contribution < 1.29 is 4.74 Å². The average molecular weight is 153 g/mol. The highest BCUT2D eigenvalue weighted by molar-refractivity contribution is 5.27. The Labute approximate surface area is 68.3 Å². The van der Waals surface area contributed by atoms with Crippen LogP contribution in [0.5, 0.6) is 0 Å². The van der Waals surface area contributed by atoms with Crippen LogP contribution in [-0.4, -0.2) is 20.7 Å². The molecule has 0 fully saturated rings. The highest BCUT2D eigenvalue weighted by atomic mass is 16.5. The molecule has 0 aliphatic rings. The third-order valence-corrected chi connectivity index (χ3v) is 1.29. The lowest BCUT2D eigenvalue weighted by molar-refractivity contribution is 0.301. The lowest BCUT2D eigenvalue weighted by atomic mass is 10.2. The van der Waals surface area contributed by atoms with Gasteiger partial charge in [-0.2, -0.15) is 0 Å². The highest BCUT2D eigenvalue weighted by Crippen LogP contribution is 2.06. The summed E-state index contributed by atoms with van der Waals surface area (Å²) in [6.45, 7) is 8.08. The van der Waals surface area contributed by atoms with Crippen LogP contribution >= 0.6 is 0 Å². The minimum absolute atomic E-state index is 0.680. The van der Waals surface area contributed by atoms with Crippen LogP contribution in [-0.2, 0) is 4.74 Å². The molecule has 0 aliphatic heterocycles. The van der Waals surface area contributed by atoms with Crippen LogP contribution < -0.4 is 5.32 Å². The van der Waals surface area contributed by atoms with E-state index in [4.69, 9.17) is 4.74 Å². The van der Waals surface area contributed by atoms with E-state index in [2.05, 4.69) is 18.5 Å². The first-order valence-corrected chi connectivity index (χ1v) is 3.45. The number of hydrogen-bond acceptors (Lipinski definition) is 2. The summed E-state index contributed by atoms with van der Waals surface area (Å²) in [5, 5.41) is 3.01. The zero-order chi connectivity index (χ0) is 8.69. The minimum atomic E-state index is 0.680. The molecule has 0 atom stereocenters. The fourth-order valence-corrected chi connectivity index (χ4v) is 0.714. The SMILES string of the molecule is C=C/C=C(/CNC)C(=C)OC. The molecular formula is C9H15NO. The average Bonchev–Trinajstić information content (AvgIpc) is 2.03. The van der Waals surface area contributed by atoms with Gasteiger partial charge in [-0.3, -0.25) is 0 Å². The van der Waals surface area contributed by atoms with Gasteiger partial charge in [0.1, 0.15) is 5.76 Å². The normalized spacial score (nSPS) is 10.9. The predicted octanol–water partition coefficient (Wildman–Crippen LogP) is 1.48. The van der Waals surface area contributed by atoms with Gasteiger partial charge in [-0.1, -0.05) is 25.3 Å². The minimum Gasteiger partial charge on any atom is -0.497 e. The van der Waals surface area contributed by atoms with Crippen molar-refractivity contribution >= 4 is 0 Å². The zero-order valence-corrected chi connectivity index (χ0v) is 7.18. The lowest BCUT2D eigenvalue weighted by Gasteiger charge is -2.07. The van der Waals surface area contributed by atoms with Crippen molar-refractivity contribution in [3.63, 3.8) is 0 Å². The highest BCUT2D eigenvalue weighted by Gasteiger charge is 1.98. The summed E-state index contributed by atoms with van der Waals surface area (Å²) in [4.78, 5) is 0. The standard InChI is InChI=1S/C9H15NO/c1-5-6-9(7-10-3)8(2)11-4/h5-6,10H,1-2,7H2,3-4H3/b9-6-. The number of methoxy groups -OCH3 is 1. The number of likely N-dealkylation sites (N-methyl/N-ethyl adjacent to an activating group) is 1. The van der Waals surface area contributed by atoms with Crippen molar-refractivity contribution in [2.45, 2.75) is 0 Å².